The van der Waals surface area contributed by atoms with Crippen LogP contribution in [-0.4, -0.2) is 23.8 Å². The van der Waals surface area contributed by atoms with Crippen LogP contribution in [0, 0.1) is 17.3 Å². The maximum atomic E-state index is 12.2. The molecule has 3 fully saturated rings. The zero-order chi connectivity index (χ0) is 11.4. The van der Waals surface area contributed by atoms with E-state index in [2.05, 4.69) is 0 Å². The second kappa shape index (κ2) is 3.22. The predicted molar refractivity (Wildman–Crippen MR) is 58.7 cm³/mol. The van der Waals surface area contributed by atoms with Gasteiger partial charge < -0.3 is 9.84 Å². The summed E-state index contributed by atoms with van der Waals surface area (Å²) in [7, 11) is 1.46. The number of methoxy groups -OCH3 is 1. The van der Waals surface area contributed by atoms with E-state index in [1.165, 1.54) is 13.5 Å². The van der Waals surface area contributed by atoms with Gasteiger partial charge in [0, 0.05) is 0 Å². The van der Waals surface area contributed by atoms with Crippen LogP contribution in [0.15, 0.2) is 0 Å². The van der Waals surface area contributed by atoms with E-state index < -0.39 is 11.0 Å². The molecule has 0 aliphatic heterocycles. The highest BCUT2D eigenvalue weighted by Gasteiger charge is 2.67. The molecular weight excluding hydrogens is 204 g/mol. The topological polar surface area (TPSA) is 46.5 Å². The van der Waals surface area contributed by atoms with Gasteiger partial charge in [0.1, 0.15) is 0 Å². The first-order valence-electron chi connectivity index (χ1n) is 6.43. The third kappa shape index (κ3) is 1.05. The standard InChI is InChI=1S/C13H20O3/c1-16-11(14)13(12(15)5-2-6-12)8-9-3-4-10(13)7-9/h9-10,15H,2-8H2,1H3. The van der Waals surface area contributed by atoms with Crippen molar-refractivity contribution in [1.82, 2.24) is 0 Å². The van der Waals surface area contributed by atoms with Gasteiger partial charge in [0.15, 0.2) is 0 Å². The molecule has 0 aromatic carbocycles. The second-order valence-corrected chi connectivity index (χ2v) is 5.93. The predicted octanol–water partition coefficient (Wildman–Crippen LogP) is 1.88. The average molecular weight is 224 g/mol. The Hall–Kier alpha value is -0.570. The Balaban J connectivity index is 1.98. The Kier molecular flexibility index (Phi) is 2.13. The van der Waals surface area contributed by atoms with E-state index in [0.717, 1.165) is 38.5 Å². The minimum Gasteiger partial charge on any atom is -0.468 e. The summed E-state index contributed by atoms with van der Waals surface area (Å²) in [5.41, 5.74) is -1.30. The number of esters is 1. The van der Waals surface area contributed by atoms with Crippen LogP contribution >= 0.6 is 0 Å². The Bertz CT molecular complexity index is 321. The van der Waals surface area contributed by atoms with Crippen molar-refractivity contribution in [2.75, 3.05) is 7.11 Å². The molecule has 0 heterocycles. The zero-order valence-corrected chi connectivity index (χ0v) is 9.87. The number of aliphatic hydroxyl groups is 1. The molecule has 3 unspecified atom stereocenters. The quantitative estimate of drug-likeness (QED) is 0.728. The summed E-state index contributed by atoms with van der Waals surface area (Å²) in [5, 5.41) is 10.7. The molecule has 3 heteroatoms. The van der Waals surface area contributed by atoms with Crippen LogP contribution in [-0.2, 0) is 9.53 Å². The van der Waals surface area contributed by atoms with Crippen LogP contribution in [0.2, 0.25) is 0 Å². The molecule has 3 aliphatic carbocycles. The number of hydrogen-bond donors (Lipinski definition) is 1. The molecular formula is C13H20O3. The maximum Gasteiger partial charge on any atom is 0.315 e. The van der Waals surface area contributed by atoms with Crippen LogP contribution in [0.3, 0.4) is 0 Å². The summed E-state index contributed by atoms with van der Waals surface area (Å²) in [6, 6.07) is 0. The van der Waals surface area contributed by atoms with Crippen LogP contribution in [0.25, 0.3) is 0 Å². The highest BCUT2D eigenvalue weighted by atomic mass is 16.5. The van der Waals surface area contributed by atoms with Gasteiger partial charge in [-0.3, -0.25) is 4.79 Å². The summed E-state index contributed by atoms with van der Waals surface area (Å²) in [6.45, 7) is 0. The van der Waals surface area contributed by atoms with Crippen molar-refractivity contribution in [3.05, 3.63) is 0 Å². The number of fused-ring (bicyclic) bond motifs is 2. The summed E-state index contributed by atoms with van der Waals surface area (Å²) in [5.74, 6) is 0.867. The first-order chi connectivity index (χ1) is 7.62. The van der Waals surface area contributed by atoms with Gasteiger partial charge in [-0.25, -0.2) is 0 Å². The van der Waals surface area contributed by atoms with E-state index in [0.29, 0.717) is 11.8 Å². The van der Waals surface area contributed by atoms with Crippen molar-refractivity contribution in [3.8, 4) is 0 Å². The fraction of sp³-hybridized carbons (Fsp3) is 0.923. The molecule has 3 atom stereocenters. The summed E-state index contributed by atoms with van der Waals surface area (Å²) in [4.78, 5) is 12.2. The molecule has 3 saturated carbocycles. The molecule has 0 amide bonds. The summed E-state index contributed by atoms with van der Waals surface area (Å²) in [6.07, 6.45) is 6.93. The van der Waals surface area contributed by atoms with E-state index >= 15 is 0 Å². The SMILES string of the molecule is COC(=O)C1(C2(O)CCC2)CC2CCC1C2. The van der Waals surface area contributed by atoms with E-state index in [-0.39, 0.29) is 5.97 Å². The second-order valence-electron chi connectivity index (χ2n) is 5.93. The van der Waals surface area contributed by atoms with Crippen LogP contribution < -0.4 is 0 Å². The van der Waals surface area contributed by atoms with Crippen molar-refractivity contribution in [1.29, 1.82) is 0 Å². The third-order valence-electron chi connectivity index (χ3n) is 5.41. The van der Waals surface area contributed by atoms with Crippen molar-refractivity contribution in [2.45, 2.75) is 50.5 Å². The largest absolute Gasteiger partial charge is 0.468 e. The number of carbonyl (C=O) groups excluding carboxylic acids is 1. The van der Waals surface area contributed by atoms with Crippen LogP contribution in [0.1, 0.15) is 44.9 Å². The molecule has 16 heavy (non-hydrogen) atoms. The average Bonchev–Trinajstić information content (AvgIpc) is 2.84. The fourth-order valence-corrected chi connectivity index (χ4v) is 4.48. The van der Waals surface area contributed by atoms with Gasteiger partial charge >= 0.3 is 5.97 Å². The lowest BCUT2D eigenvalue weighted by atomic mass is 9.55. The molecule has 90 valence electrons. The maximum absolute atomic E-state index is 12.2. The number of hydrogen-bond acceptors (Lipinski definition) is 3. The Labute approximate surface area is 96.2 Å². The molecule has 3 rings (SSSR count). The van der Waals surface area contributed by atoms with Gasteiger partial charge in [0.05, 0.1) is 18.1 Å². The number of rotatable bonds is 2. The van der Waals surface area contributed by atoms with Gasteiger partial charge in [-0.05, 0) is 50.4 Å². The highest BCUT2D eigenvalue weighted by molar-refractivity contribution is 5.80. The molecule has 1 N–H and O–H groups in total. The first-order valence-corrected chi connectivity index (χ1v) is 6.43. The van der Waals surface area contributed by atoms with Crippen LogP contribution in [0.4, 0.5) is 0 Å². The zero-order valence-electron chi connectivity index (χ0n) is 9.87. The smallest absolute Gasteiger partial charge is 0.315 e. The normalized spacial score (nSPS) is 44.1. The fourth-order valence-electron chi connectivity index (χ4n) is 4.48. The Morgan fingerprint density at radius 2 is 2.12 bits per heavy atom. The summed E-state index contributed by atoms with van der Waals surface area (Å²) < 4.78 is 5.01. The lowest BCUT2D eigenvalue weighted by Crippen LogP contribution is -2.60. The van der Waals surface area contributed by atoms with Gasteiger partial charge in [-0.15, -0.1) is 0 Å². The molecule has 0 aromatic rings. The minimum absolute atomic E-state index is 0.151. The van der Waals surface area contributed by atoms with Gasteiger partial charge in [0.2, 0.25) is 0 Å². The van der Waals surface area contributed by atoms with Crippen molar-refractivity contribution >= 4 is 5.97 Å². The molecule has 0 aromatic heterocycles. The lowest BCUT2D eigenvalue weighted by Gasteiger charge is -2.52. The van der Waals surface area contributed by atoms with Crippen LogP contribution in [0.5, 0.6) is 0 Å². The highest BCUT2D eigenvalue weighted by Crippen LogP contribution is 2.65. The first kappa shape index (κ1) is 10.6. The van der Waals surface area contributed by atoms with Gasteiger partial charge in [-0.1, -0.05) is 6.42 Å². The van der Waals surface area contributed by atoms with E-state index in [1.54, 1.807) is 0 Å². The van der Waals surface area contributed by atoms with E-state index in [1.807, 2.05) is 0 Å². The van der Waals surface area contributed by atoms with Gasteiger partial charge in [-0.2, -0.15) is 0 Å². The van der Waals surface area contributed by atoms with Crippen molar-refractivity contribution < 1.29 is 14.6 Å². The third-order valence-corrected chi connectivity index (χ3v) is 5.41. The Morgan fingerprint density at radius 1 is 1.38 bits per heavy atom. The van der Waals surface area contributed by atoms with E-state index in [9.17, 15) is 9.90 Å². The molecule has 3 aliphatic rings. The lowest BCUT2D eigenvalue weighted by molar-refractivity contribution is -0.199. The summed E-state index contributed by atoms with van der Waals surface area (Å²) >= 11 is 0. The minimum atomic E-state index is -0.750. The number of carbonyl (C=O) groups is 1. The van der Waals surface area contributed by atoms with Crippen molar-refractivity contribution in [3.63, 3.8) is 0 Å². The molecule has 3 nitrogen and oxygen atoms in total. The molecule has 0 spiro atoms. The monoisotopic (exact) mass is 224 g/mol. The molecule has 0 radical (unpaired) electrons. The molecule has 0 saturated heterocycles. The molecule has 2 bridgehead atoms. The van der Waals surface area contributed by atoms with Crippen molar-refractivity contribution in [2.24, 2.45) is 17.3 Å². The van der Waals surface area contributed by atoms with Gasteiger partial charge in [0.25, 0.3) is 0 Å². The van der Waals surface area contributed by atoms with E-state index in [4.69, 9.17) is 4.74 Å². The number of ether oxygens (including phenoxy) is 1. The Morgan fingerprint density at radius 3 is 2.50 bits per heavy atom.